The summed E-state index contributed by atoms with van der Waals surface area (Å²) in [4.78, 5) is 18.2. The highest BCUT2D eigenvalue weighted by Crippen LogP contribution is 2.36. The second-order valence-corrected chi connectivity index (χ2v) is 6.01. The average Bonchev–Trinajstić information content (AvgIpc) is 3.25. The van der Waals surface area contributed by atoms with Crippen molar-refractivity contribution in [1.82, 2.24) is 19.9 Å². The molecule has 3 N–H and O–H groups in total. The molecule has 0 spiro atoms. The van der Waals surface area contributed by atoms with Crippen molar-refractivity contribution in [2.24, 2.45) is 0 Å². The van der Waals surface area contributed by atoms with E-state index in [1.807, 2.05) is 18.3 Å². The molecule has 0 aliphatic carbocycles. The molecule has 2 atom stereocenters. The van der Waals surface area contributed by atoms with Crippen LogP contribution in [0.15, 0.2) is 30.7 Å². The number of H-pyrrole nitrogens is 1. The van der Waals surface area contributed by atoms with Crippen LogP contribution < -0.4 is 10.6 Å². The van der Waals surface area contributed by atoms with E-state index in [9.17, 15) is 0 Å². The molecule has 8 heteroatoms. The Bertz CT molecular complexity index is 884. The fourth-order valence-electron chi connectivity index (χ4n) is 3.42. The van der Waals surface area contributed by atoms with Crippen molar-refractivity contribution < 1.29 is 9.47 Å². The number of ether oxygens (including phenoxy) is 2. The van der Waals surface area contributed by atoms with Crippen molar-refractivity contribution in [1.29, 1.82) is 0 Å². The largest absolute Gasteiger partial charge is 0.377 e. The van der Waals surface area contributed by atoms with Crippen LogP contribution in [-0.2, 0) is 9.47 Å². The van der Waals surface area contributed by atoms with Crippen LogP contribution in [0.5, 0.6) is 0 Å². The highest BCUT2D eigenvalue weighted by Gasteiger charge is 2.34. The lowest BCUT2D eigenvalue weighted by molar-refractivity contribution is -0.00461. The Hall–Kier alpha value is -2.71. The molecule has 1 unspecified atom stereocenters. The van der Waals surface area contributed by atoms with Gasteiger partial charge in [-0.1, -0.05) is 0 Å². The number of aromatic amines is 1. The number of rotatable bonds is 4. The van der Waals surface area contributed by atoms with Gasteiger partial charge in [0, 0.05) is 51.5 Å². The van der Waals surface area contributed by atoms with E-state index < -0.39 is 0 Å². The highest BCUT2D eigenvalue weighted by molar-refractivity contribution is 6.02. The number of nitrogens with zero attached hydrogens (tertiary/aromatic N) is 4. The van der Waals surface area contributed by atoms with Crippen molar-refractivity contribution in [2.75, 3.05) is 37.9 Å². The Morgan fingerprint density at radius 2 is 1.84 bits per heavy atom. The molecule has 8 nitrogen and oxygen atoms in total. The third-order valence-electron chi connectivity index (χ3n) is 4.66. The predicted octanol–water partition coefficient (Wildman–Crippen LogP) is 1.45. The number of nitrogens with two attached hydrogens (primary N) is 1. The van der Waals surface area contributed by atoms with E-state index >= 15 is 0 Å². The zero-order chi connectivity index (χ0) is 17.4. The summed E-state index contributed by atoms with van der Waals surface area (Å²) >= 11 is 0. The maximum absolute atomic E-state index is 5.75. The molecule has 0 radical (unpaired) electrons. The van der Waals surface area contributed by atoms with Crippen LogP contribution >= 0.6 is 0 Å². The van der Waals surface area contributed by atoms with Gasteiger partial charge in [-0.25, -0.2) is 15.0 Å². The van der Waals surface area contributed by atoms with Crippen LogP contribution in [0.2, 0.25) is 0 Å². The summed E-state index contributed by atoms with van der Waals surface area (Å²) in [6.07, 6.45) is 5.43. The van der Waals surface area contributed by atoms with E-state index in [1.165, 1.54) is 0 Å². The molecule has 1 saturated heterocycles. The number of hydrogen-bond acceptors (Lipinski definition) is 7. The number of aromatic nitrogens is 4. The van der Waals surface area contributed by atoms with Gasteiger partial charge in [-0.15, -0.1) is 0 Å². The van der Waals surface area contributed by atoms with Gasteiger partial charge in [-0.05, 0) is 12.1 Å². The van der Waals surface area contributed by atoms with Gasteiger partial charge in [-0.2, -0.15) is 0 Å². The van der Waals surface area contributed by atoms with Crippen LogP contribution in [0.25, 0.3) is 22.3 Å². The van der Waals surface area contributed by atoms with E-state index in [0.717, 1.165) is 41.1 Å². The van der Waals surface area contributed by atoms with Gasteiger partial charge in [0.1, 0.15) is 17.9 Å². The summed E-state index contributed by atoms with van der Waals surface area (Å²) in [5.74, 6) is 0.248. The first-order valence-electron chi connectivity index (χ1n) is 8.06. The van der Waals surface area contributed by atoms with Gasteiger partial charge in [0.15, 0.2) is 0 Å². The Morgan fingerprint density at radius 3 is 2.52 bits per heavy atom. The molecule has 1 aliphatic rings. The summed E-state index contributed by atoms with van der Waals surface area (Å²) in [6.45, 7) is 1.51. The van der Waals surface area contributed by atoms with E-state index in [0.29, 0.717) is 0 Å². The molecule has 0 amide bonds. The first-order valence-corrected chi connectivity index (χ1v) is 8.06. The fourth-order valence-corrected chi connectivity index (χ4v) is 3.42. The molecule has 25 heavy (non-hydrogen) atoms. The second-order valence-electron chi connectivity index (χ2n) is 6.01. The number of hydrogen-bond donors (Lipinski definition) is 2. The third-order valence-corrected chi connectivity index (χ3v) is 4.66. The molecule has 3 aromatic heterocycles. The zero-order valence-corrected chi connectivity index (χ0v) is 14.1. The zero-order valence-electron chi connectivity index (χ0n) is 14.1. The quantitative estimate of drug-likeness (QED) is 0.741. The Labute approximate surface area is 145 Å². The topological polar surface area (TPSA) is 102 Å². The van der Waals surface area contributed by atoms with Crippen molar-refractivity contribution in [3.63, 3.8) is 0 Å². The van der Waals surface area contributed by atoms with Gasteiger partial charge >= 0.3 is 0 Å². The lowest BCUT2D eigenvalue weighted by Crippen LogP contribution is -2.27. The number of anilines is 2. The highest BCUT2D eigenvalue weighted by atomic mass is 16.5. The van der Waals surface area contributed by atoms with Crippen molar-refractivity contribution in [3.8, 4) is 11.3 Å². The normalized spacial score (nSPS) is 20.5. The smallest absolute Gasteiger partial charge is 0.220 e. The minimum Gasteiger partial charge on any atom is -0.377 e. The van der Waals surface area contributed by atoms with Gasteiger partial charge in [0.2, 0.25) is 5.95 Å². The molecular weight excluding hydrogens is 320 g/mol. The molecule has 1 aliphatic heterocycles. The number of nitrogen functional groups attached to an aromatic ring is 1. The summed E-state index contributed by atoms with van der Waals surface area (Å²) in [5.41, 5.74) is 9.33. The average molecular weight is 340 g/mol. The Kier molecular flexibility index (Phi) is 3.98. The summed E-state index contributed by atoms with van der Waals surface area (Å²) < 4.78 is 11.1. The monoisotopic (exact) mass is 340 g/mol. The first-order chi connectivity index (χ1) is 12.2. The maximum atomic E-state index is 5.75. The molecule has 3 aromatic rings. The predicted molar refractivity (Wildman–Crippen MR) is 95.3 cm³/mol. The summed E-state index contributed by atoms with van der Waals surface area (Å²) in [5, 5.41) is 1.01. The van der Waals surface area contributed by atoms with Gasteiger partial charge < -0.3 is 25.1 Å². The molecule has 1 fully saturated rings. The Morgan fingerprint density at radius 1 is 1.12 bits per heavy atom. The number of methoxy groups -OCH3 is 2. The molecule has 4 heterocycles. The van der Waals surface area contributed by atoms with Gasteiger partial charge in [0.25, 0.3) is 0 Å². The van der Waals surface area contributed by atoms with Crippen LogP contribution in [0.1, 0.15) is 0 Å². The van der Waals surface area contributed by atoms with Crippen LogP contribution in [0, 0.1) is 0 Å². The van der Waals surface area contributed by atoms with E-state index in [-0.39, 0.29) is 18.2 Å². The SMILES string of the molecule is COC1CN(c2ccnc3[nH]cc(-c4ccnc(N)n4)c23)C[C@H]1OC. The lowest BCUT2D eigenvalue weighted by Gasteiger charge is -2.19. The van der Waals surface area contributed by atoms with E-state index in [4.69, 9.17) is 15.2 Å². The maximum Gasteiger partial charge on any atom is 0.220 e. The third kappa shape index (κ3) is 2.69. The summed E-state index contributed by atoms with van der Waals surface area (Å²) in [7, 11) is 3.43. The molecule has 4 rings (SSSR count). The van der Waals surface area contributed by atoms with Crippen molar-refractivity contribution >= 4 is 22.7 Å². The van der Waals surface area contributed by atoms with Crippen LogP contribution in [0.4, 0.5) is 11.6 Å². The van der Waals surface area contributed by atoms with Crippen molar-refractivity contribution in [2.45, 2.75) is 12.2 Å². The van der Waals surface area contributed by atoms with Crippen LogP contribution in [0.3, 0.4) is 0 Å². The minimum atomic E-state index is 0.0327. The molecule has 0 saturated carbocycles. The second kappa shape index (κ2) is 6.30. The lowest BCUT2D eigenvalue weighted by atomic mass is 10.1. The Balaban J connectivity index is 1.81. The molecular formula is C17H20N6O2. The van der Waals surface area contributed by atoms with Crippen molar-refractivity contribution in [3.05, 3.63) is 30.7 Å². The van der Waals surface area contributed by atoms with Gasteiger partial charge in [0.05, 0.1) is 16.8 Å². The van der Waals surface area contributed by atoms with E-state index in [2.05, 4.69) is 24.8 Å². The fraction of sp³-hybridized carbons (Fsp3) is 0.353. The van der Waals surface area contributed by atoms with Gasteiger partial charge in [-0.3, -0.25) is 0 Å². The standard InChI is InChI=1S/C17H20N6O2/c1-24-13-8-23(9-14(13)25-2)12-4-6-19-16-15(12)10(7-21-16)11-3-5-20-17(18)22-11/h3-7,13-14H,8-9H2,1-2H3,(H,19,21)(H2,18,20,22)/t13-,14?/m1/s1. The number of nitrogens with one attached hydrogen (secondary N) is 1. The molecule has 0 aromatic carbocycles. The number of fused-ring (bicyclic) bond motifs is 1. The number of pyridine rings is 1. The summed E-state index contributed by atoms with van der Waals surface area (Å²) in [6, 6.07) is 3.85. The van der Waals surface area contributed by atoms with E-state index in [1.54, 1.807) is 26.6 Å². The van der Waals surface area contributed by atoms with Crippen LogP contribution in [-0.4, -0.2) is 59.5 Å². The molecule has 130 valence electrons. The molecule has 0 bridgehead atoms. The minimum absolute atomic E-state index is 0.0327. The first kappa shape index (κ1) is 15.8.